The maximum absolute atomic E-state index is 11.4. The summed E-state index contributed by atoms with van der Waals surface area (Å²) in [6.07, 6.45) is 1.38. The van der Waals surface area contributed by atoms with Gasteiger partial charge in [0, 0.05) is 4.47 Å². The lowest BCUT2D eigenvalue weighted by Crippen LogP contribution is -2.13. The van der Waals surface area contributed by atoms with Crippen LogP contribution in [0.1, 0.15) is 5.56 Å². The predicted octanol–water partition coefficient (Wildman–Crippen LogP) is 3.19. The number of H-pyrrole nitrogens is 1. The Hall–Kier alpha value is -0.890. The quantitative estimate of drug-likeness (QED) is 0.754. The molecule has 0 saturated heterocycles. The number of anilines is 2. The summed E-state index contributed by atoms with van der Waals surface area (Å²) in [5.41, 5.74) is 1.90. The van der Waals surface area contributed by atoms with E-state index in [1.54, 1.807) is 0 Å². The van der Waals surface area contributed by atoms with E-state index < -0.39 is 0 Å². The third-order valence-electron chi connectivity index (χ3n) is 2.17. The molecule has 1 aromatic heterocycles. The number of aromatic amines is 1. The number of aromatic nitrogens is 2. The highest BCUT2D eigenvalue weighted by Crippen LogP contribution is 2.26. The molecule has 17 heavy (non-hydrogen) atoms. The average Bonchev–Trinajstić information content (AvgIpc) is 2.28. The maximum atomic E-state index is 11.4. The van der Waals surface area contributed by atoms with Gasteiger partial charge in [0.2, 0.25) is 0 Å². The SMILES string of the molecule is Cc1ccc(Nc2nc[nH]c(=O)c2I)c(Br)c1. The van der Waals surface area contributed by atoms with E-state index in [0.717, 1.165) is 15.7 Å². The van der Waals surface area contributed by atoms with Gasteiger partial charge in [0.05, 0.1) is 12.0 Å². The van der Waals surface area contributed by atoms with E-state index in [1.807, 2.05) is 47.7 Å². The van der Waals surface area contributed by atoms with Crippen LogP contribution in [0.2, 0.25) is 0 Å². The maximum Gasteiger partial charge on any atom is 0.266 e. The number of benzene rings is 1. The van der Waals surface area contributed by atoms with Gasteiger partial charge in [-0.25, -0.2) is 4.98 Å². The minimum atomic E-state index is -0.147. The third-order valence-corrected chi connectivity index (χ3v) is 3.83. The summed E-state index contributed by atoms with van der Waals surface area (Å²) >= 11 is 5.44. The summed E-state index contributed by atoms with van der Waals surface area (Å²) in [6, 6.07) is 5.94. The fraction of sp³-hybridized carbons (Fsp3) is 0.0909. The Labute approximate surface area is 120 Å². The van der Waals surface area contributed by atoms with Gasteiger partial charge in [-0.3, -0.25) is 4.79 Å². The fourth-order valence-corrected chi connectivity index (χ4v) is 2.34. The van der Waals surface area contributed by atoms with E-state index in [4.69, 9.17) is 0 Å². The molecule has 0 aliphatic carbocycles. The number of hydrogen-bond donors (Lipinski definition) is 2. The number of hydrogen-bond acceptors (Lipinski definition) is 3. The van der Waals surface area contributed by atoms with E-state index in [-0.39, 0.29) is 5.56 Å². The first-order valence-corrected chi connectivity index (χ1v) is 6.71. The standard InChI is InChI=1S/C11H9BrIN3O/c1-6-2-3-8(7(12)4-6)16-10-9(13)11(17)15-5-14-10/h2-5H,1H3,(H2,14,15,16,17). The third kappa shape index (κ3) is 2.86. The number of rotatable bonds is 2. The van der Waals surface area contributed by atoms with Crippen LogP contribution in [0.4, 0.5) is 11.5 Å². The normalized spacial score (nSPS) is 10.3. The van der Waals surface area contributed by atoms with Crippen molar-refractivity contribution in [2.24, 2.45) is 0 Å². The van der Waals surface area contributed by atoms with Gasteiger partial charge >= 0.3 is 0 Å². The van der Waals surface area contributed by atoms with E-state index in [1.165, 1.54) is 6.33 Å². The van der Waals surface area contributed by atoms with Gasteiger partial charge in [-0.05, 0) is 63.1 Å². The molecule has 1 heterocycles. The Morgan fingerprint density at radius 2 is 2.24 bits per heavy atom. The number of aryl methyl sites for hydroxylation is 1. The Morgan fingerprint density at radius 3 is 2.94 bits per heavy atom. The van der Waals surface area contributed by atoms with Gasteiger partial charge in [0.1, 0.15) is 3.57 Å². The van der Waals surface area contributed by atoms with Gasteiger partial charge in [0.25, 0.3) is 5.56 Å². The molecule has 0 fully saturated rings. The zero-order valence-electron chi connectivity index (χ0n) is 8.92. The zero-order valence-corrected chi connectivity index (χ0v) is 12.7. The van der Waals surface area contributed by atoms with Gasteiger partial charge in [-0.1, -0.05) is 6.07 Å². The van der Waals surface area contributed by atoms with Crippen molar-refractivity contribution in [3.63, 3.8) is 0 Å². The first-order valence-electron chi connectivity index (χ1n) is 4.84. The van der Waals surface area contributed by atoms with Crippen molar-refractivity contribution in [2.75, 3.05) is 5.32 Å². The number of halogens is 2. The predicted molar refractivity (Wildman–Crippen MR) is 79.7 cm³/mol. The van der Waals surface area contributed by atoms with Crippen LogP contribution in [0.15, 0.2) is 33.8 Å². The second-order valence-electron chi connectivity index (χ2n) is 3.50. The van der Waals surface area contributed by atoms with E-state index >= 15 is 0 Å². The second kappa shape index (κ2) is 5.18. The van der Waals surface area contributed by atoms with Crippen molar-refractivity contribution in [3.8, 4) is 0 Å². The van der Waals surface area contributed by atoms with Gasteiger partial charge in [0.15, 0.2) is 5.82 Å². The number of nitrogens with one attached hydrogen (secondary N) is 2. The minimum absolute atomic E-state index is 0.147. The van der Waals surface area contributed by atoms with Gasteiger partial charge in [-0.2, -0.15) is 0 Å². The van der Waals surface area contributed by atoms with Crippen molar-refractivity contribution in [1.82, 2.24) is 9.97 Å². The molecule has 0 aliphatic heterocycles. The molecule has 0 amide bonds. The largest absolute Gasteiger partial charge is 0.338 e. The Morgan fingerprint density at radius 1 is 1.47 bits per heavy atom. The molecule has 6 heteroatoms. The minimum Gasteiger partial charge on any atom is -0.338 e. The fourth-order valence-electron chi connectivity index (χ4n) is 1.32. The van der Waals surface area contributed by atoms with E-state index in [2.05, 4.69) is 31.2 Å². The molecule has 0 atom stereocenters. The summed E-state index contributed by atoms with van der Waals surface area (Å²) in [5.74, 6) is 0.555. The molecule has 88 valence electrons. The van der Waals surface area contributed by atoms with Crippen LogP contribution in [0.25, 0.3) is 0 Å². The molecule has 0 aliphatic rings. The van der Waals surface area contributed by atoms with Crippen LogP contribution in [-0.4, -0.2) is 9.97 Å². The molecular weight excluding hydrogens is 397 g/mol. The summed E-state index contributed by atoms with van der Waals surface area (Å²) in [7, 11) is 0. The van der Waals surface area contributed by atoms with Crippen LogP contribution in [0.3, 0.4) is 0 Å². The van der Waals surface area contributed by atoms with E-state index in [9.17, 15) is 4.79 Å². The zero-order chi connectivity index (χ0) is 12.4. The average molecular weight is 406 g/mol. The molecule has 1 aromatic carbocycles. The topological polar surface area (TPSA) is 57.8 Å². The van der Waals surface area contributed by atoms with Crippen LogP contribution >= 0.6 is 38.5 Å². The molecule has 0 unspecified atom stereocenters. The molecule has 0 bridgehead atoms. The van der Waals surface area contributed by atoms with Crippen molar-refractivity contribution < 1.29 is 0 Å². The highest BCUT2D eigenvalue weighted by Gasteiger charge is 2.07. The van der Waals surface area contributed by atoms with Gasteiger partial charge in [-0.15, -0.1) is 0 Å². The molecule has 0 saturated carbocycles. The van der Waals surface area contributed by atoms with Crippen LogP contribution in [0.5, 0.6) is 0 Å². The summed E-state index contributed by atoms with van der Waals surface area (Å²) in [5, 5.41) is 3.12. The monoisotopic (exact) mass is 405 g/mol. The highest BCUT2D eigenvalue weighted by molar-refractivity contribution is 14.1. The second-order valence-corrected chi connectivity index (χ2v) is 5.44. The van der Waals surface area contributed by atoms with Crippen molar-refractivity contribution in [1.29, 1.82) is 0 Å². The molecule has 2 aromatic rings. The Kier molecular flexibility index (Phi) is 3.82. The lowest BCUT2D eigenvalue weighted by atomic mass is 10.2. The summed E-state index contributed by atoms with van der Waals surface area (Å²) in [4.78, 5) is 18.0. The molecule has 4 nitrogen and oxygen atoms in total. The van der Waals surface area contributed by atoms with Crippen LogP contribution in [-0.2, 0) is 0 Å². The van der Waals surface area contributed by atoms with E-state index in [0.29, 0.717) is 9.39 Å². The molecule has 0 radical (unpaired) electrons. The highest BCUT2D eigenvalue weighted by atomic mass is 127. The number of nitrogens with zero attached hydrogens (tertiary/aromatic N) is 1. The molecule has 2 N–H and O–H groups in total. The molecule has 0 spiro atoms. The van der Waals surface area contributed by atoms with Crippen molar-refractivity contribution in [2.45, 2.75) is 6.92 Å². The van der Waals surface area contributed by atoms with Crippen LogP contribution in [0, 0.1) is 10.5 Å². The first-order chi connectivity index (χ1) is 8.08. The Bertz CT molecular complexity index is 612. The lowest BCUT2D eigenvalue weighted by Gasteiger charge is -2.09. The molecule has 2 rings (SSSR count). The van der Waals surface area contributed by atoms with Crippen molar-refractivity contribution in [3.05, 3.63) is 48.5 Å². The lowest BCUT2D eigenvalue weighted by molar-refractivity contribution is 1.10. The van der Waals surface area contributed by atoms with Gasteiger partial charge < -0.3 is 10.3 Å². The van der Waals surface area contributed by atoms with Crippen LogP contribution < -0.4 is 10.9 Å². The molecular formula is C11H9BrIN3O. The smallest absolute Gasteiger partial charge is 0.266 e. The summed E-state index contributed by atoms with van der Waals surface area (Å²) < 4.78 is 1.48. The first kappa shape index (κ1) is 12.6. The summed E-state index contributed by atoms with van der Waals surface area (Å²) in [6.45, 7) is 2.02. The Balaban J connectivity index is 2.38. The van der Waals surface area contributed by atoms with Crippen molar-refractivity contribution >= 4 is 50.0 Å².